The zero-order valence-electron chi connectivity index (χ0n) is 11.1. The molecule has 1 aromatic carbocycles. The molecule has 6 heteroatoms. The molecule has 19 heavy (non-hydrogen) atoms. The van der Waals surface area contributed by atoms with Gasteiger partial charge in [0.15, 0.2) is 0 Å². The number of likely N-dealkylation sites (N-methyl/N-ethyl adjacent to an activating group) is 1. The van der Waals surface area contributed by atoms with Crippen molar-refractivity contribution in [2.24, 2.45) is 0 Å². The van der Waals surface area contributed by atoms with Crippen molar-refractivity contribution in [2.45, 2.75) is 6.42 Å². The first-order valence-corrected chi connectivity index (χ1v) is 6.77. The Hall–Kier alpha value is -1.40. The highest BCUT2D eigenvalue weighted by Crippen LogP contribution is 2.20. The van der Waals surface area contributed by atoms with Gasteiger partial charge in [-0.3, -0.25) is 9.59 Å². The summed E-state index contributed by atoms with van der Waals surface area (Å²) >= 11 is 3.35. The number of anilines is 1. The molecule has 104 valence electrons. The number of nitrogens with one attached hydrogen (secondary N) is 2. The van der Waals surface area contributed by atoms with Gasteiger partial charge in [0.25, 0.3) is 0 Å². The number of amides is 2. The van der Waals surface area contributed by atoms with Crippen LogP contribution in [0, 0.1) is 0 Å². The van der Waals surface area contributed by atoms with Crippen molar-refractivity contribution in [1.29, 1.82) is 0 Å². The molecule has 0 fully saturated rings. The van der Waals surface area contributed by atoms with Crippen molar-refractivity contribution in [3.05, 3.63) is 28.7 Å². The summed E-state index contributed by atoms with van der Waals surface area (Å²) in [6.45, 7) is 0.652. The van der Waals surface area contributed by atoms with Gasteiger partial charge in [-0.2, -0.15) is 0 Å². The Morgan fingerprint density at radius 1 is 1.32 bits per heavy atom. The van der Waals surface area contributed by atoms with Gasteiger partial charge in [-0.05, 0) is 35.1 Å². The number of carbonyl (C=O) groups excluding carboxylic acids is 2. The third-order valence-electron chi connectivity index (χ3n) is 2.54. The maximum Gasteiger partial charge on any atom is 0.244 e. The van der Waals surface area contributed by atoms with Crippen LogP contribution < -0.4 is 10.6 Å². The average Bonchev–Trinajstić information content (AvgIpc) is 2.38. The Morgan fingerprint density at radius 2 is 2.00 bits per heavy atom. The quantitative estimate of drug-likeness (QED) is 0.831. The van der Waals surface area contributed by atoms with Crippen molar-refractivity contribution in [1.82, 2.24) is 10.2 Å². The molecule has 0 aliphatic carbocycles. The Balaban J connectivity index is 2.47. The van der Waals surface area contributed by atoms with E-state index in [1.165, 1.54) is 4.90 Å². The Labute approximate surface area is 121 Å². The van der Waals surface area contributed by atoms with Crippen LogP contribution in [0.3, 0.4) is 0 Å². The van der Waals surface area contributed by atoms with Gasteiger partial charge in [0, 0.05) is 24.5 Å². The number of para-hydroxylation sites is 1. The van der Waals surface area contributed by atoms with Crippen LogP contribution in [0.2, 0.25) is 0 Å². The monoisotopic (exact) mass is 327 g/mol. The largest absolute Gasteiger partial charge is 0.336 e. The molecule has 0 heterocycles. The minimum Gasteiger partial charge on any atom is -0.336 e. The molecule has 0 aliphatic rings. The fourth-order valence-electron chi connectivity index (χ4n) is 1.48. The van der Waals surface area contributed by atoms with Gasteiger partial charge in [0.2, 0.25) is 11.8 Å². The molecule has 2 amide bonds. The molecule has 2 N–H and O–H groups in total. The third kappa shape index (κ3) is 5.40. The van der Waals surface area contributed by atoms with E-state index in [0.29, 0.717) is 18.7 Å². The molecule has 1 aromatic rings. The lowest BCUT2D eigenvalue weighted by atomic mass is 10.3. The molecule has 0 saturated carbocycles. The first-order chi connectivity index (χ1) is 9.04. The second kappa shape index (κ2) is 7.91. The van der Waals surface area contributed by atoms with E-state index < -0.39 is 0 Å². The van der Waals surface area contributed by atoms with Gasteiger partial charge in [-0.15, -0.1) is 0 Å². The predicted octanol–water partition coefficient (Wildman–Crippen LogP) is 1.46. The molecular formula is C13H18BrN3O2. The van der Waals surface area contributed by atoms with Crippen LogP contribution >= 0.6 is 15.9 Å². The van der Waals surface area contributed by atoms with E-state index in [4.69, 9.17) is 0 Å². The third-order valence-corrected chi connectivity index (χ3v) is 3.23. The summed E-state index contributed by atoms with van der Waals surface area (Å²) in [6, 6.07) is 7.34. The second-order valence-corrected chi connectivity index (χ2v) is 4.99. The summed E-state index contributed by atoms with van der Waals surface area (Å²) in [7, 11) is 3.41. The van der Waals surface area contributed by atoms with Crippen molar-refractivity contribution in [3.63, 3.8) is 0 Å². The van der Waals surface area contributed by atoms with Gasteiger partial charge in [0.1, 0.15) is 0 Å². The highest BCUT2D eigenvalue weighted by Gasteiger charge is 2.13. The van der Waals surface area contributed by atoms with Crippen LogP contribution in [0.4, 0.5) is 5.69 Å². The number of carbonyl (C=O) groups is 2. The molecule has 0 bridgehead atoms. The summed E-state index contributed by atoms with van der Waals surface area (Å²) in [5, 5.41) is 5.66. The molecule has 0 aromatic heterocycles. The summed E-state index contributed by atoms with van der Waals surface area (Å²) in [5.74, 6) is -0.274. The van der Waals surface area contributed by atoms with E-state index in [1.54, 1.807) is 20.2 Å². The van der Waals surface area contributed by atoms with Crippen LogP contribution in [-0.2, 0) is 9.59 Å². The first-order valence-electron chi connectivity index (χ1n) is 5.97. The number of hydrogen-bond donors (Lipinski definition) is 2. The molecular weight excluding hydrogens is 310 g/mol. The molecule has 0 saturated heterocycles. The van der Waals surface area contributed by atoms with Crippen molar-refractivity contribution < 1.29 is 9.59 Å². The average molecular weight is 328 g/mol. The number of halogens is 1. The molecule has 0 atom stereocenters. The number of hydrogen-bond acceptors (Lipinski definition) is 3. The molecule has 1 rings (SSSR count). The van der Waals surface area contributed by atoms with Crippen LogP contribution in [0.5, 0.6) is 0 Å². The van der Waals surface area contributed by atoms with E-state index in [2.05, 4.69) is 26.6 Å². The Morgan fingerprint density at radius 3 is 2.63 bits per heavy atom. The fourth-order valence-corrected chi connectivity index (χ4v) is 1.86. The number of nitrogens with zero attached hydrogens (tertiary/aromatic N) is 1. The predicted molar refractivity (Wildman–Crippen MR) is 79.0 cm³/mol. The Bertz CT molecular complexity index is 451. The van der Waals surface area contributed by atoms with E-state index in [-0.39, 0.29) is 18.4 Å². The maximum atomic E-state index is 11.8. The van der Waals surface area contributed by atoms with Gasteiger partial charge in [-0.1, -0.05) is 12.1 Å². The second-order valence-electron chi connectivity index (χ2n) is 4.13. The summed E-state index contributed by atoms with van der Waals surface area (Å²) in [5.41, 5.74) is 0.698. The fraction of sp³-hybridized carbons (Fsp3) is 0.385. The topological polar surface area (TPSA) is 61.4 Å². The lowest BCUT2D eigenvalue weighted by Crippen LogP contribution is -2.36. The highest BCUT2D eigenvalue weighted by atomic mass is 79.9. The summed E-state index contributed by atoms with van der Waals surface area (Å²) in [4.78, 5) is 24.9. The van der Waals surface area contributed by atoms with Crippen molar-refractivity contribution in [2.75, 3.05) is 32.5 Å². The molecule has 0 aliphatic heterocycles. The smallest absolute Gasteiger partial charge is 0.244 e. The normalized spacial score (nSPS) is 10.1. The van der Waals surface area contributed by atoms with E-state index in [1.807, 2.05) is 18.2 Å². The van der Waals surface area contributed by atoms with Crippen molar-refractivity contribution in [3.8, 4) is 0 Å². The van der Waals surface area contributed by atoms with Gasteiger partial charge in [-0.25, -0.2) is 0 Å². The molecule has 5 nitrogen and oxygen atoms in total. The van der Waals surface area contributed by atoms with Crippen LogP contribution in [0.1, 0.15) is 6.42 Å². The summed E-state index contributed by atoms with van der Waals surface area (Å²) in [6.07, 6.45) is 0.384. The highest BCUT2D eigenvalue weighted by molar-refractivity contribution is 9.10. The number of benzene rings is 1. The van der Waals surface area contributed by atoms with Gasteiger partial charge < -0.3 is 15.5 Å². The molecule has 0 unspecified atom stereocenters. The maximum absolute atomic E-state index is 11.8. The minimum atomic E-state index is -0.216. The van der Waals surface area contributed by atoms with Crippen LogP contribution in [0.25, 0.3) is 0 Å². The standard InChI is InChI=1S/C13H18BrN3O2/c1-15-8-7-13(19)17(2)9-12(18)16-11-6-4-3-5-10(11)14/h3-6,15H,7-9H2,1-2H3,(H,16,18). The zero-order valence-corrected chi connectivity index (χ0v) is 12.7. The first kappa shape index (κ1) is 15.7. The van der Waals surface area contributed by atoms with E-state index >= 15 is 0 Å². The molecule has 0 spiro atoms. The Kier molecular flexibility index (Phi) is 6.52. The van der Waals surface area contributed by atoms with Gasteiger partial charge in [0.05, 0.1) is 12.2 Å². The minimum absolute atomic E-state index is 0.0455. The number of rotatable bonds is 6. The zero-order chi connectivity index (χ0) is 14.3. The lowest BCUT2D eigenvalue weighted by Gasteiger charge is -2.17. The van der Waals surface area contributed by atoms with Crippen LogP contribution in [-0.4, -0.2) is 43.9 Å². The van der Waals surface area contributed by atoms with Crippen molar-refractivity contribution >= 4 is 33.4 Å². The van der Waals surface area contributed by atoms with Crippen LogP contribution in [0.15, 0.2) is 28.7 Å². The molecule has 0 radical (unpaired) electrons. The lowest BCUT2D eigenvalue weighted by molar-refractivity contribution is -0.133. The SMILES string of the molecule is CNCCC(=O)N(C)CC(=O)Nc1ccccc1Br. The van der Waals surface area contributed by atoms with E-state index in [9.17, 15) is 9.59 Å². The van der Waals surface area contributed by atoms with E-state index in [0.717, 1.165) is 4.47 Å². The summed E-state index contributed by atoms with van der Waals surface area (Å²) < 4.78 is 0.813. The van der Waals surface area contributed by atoms with Gasteiger partial charge >= 0.3 is 0 Å².